The van der Waals surface area contributed by atoms with E-state index in [1.54, 1.807) is 24.4 Å². The van der Waals surface area contributed by atoms with Crippen LogP contribution in [0.1, 0.15) is 23.7 Å². The smallest absolute Gasteiger partial charge is 0.256 e. The van der Waals surface area contributed by atoms with Gasteiger partial charge in [0.05, 0.1) is 25.5 Å². The molecule has 126 valence electrons. The summed E-state index contributed by atoms with van der Waals surface area (Å²) < 4.78 is 16.5. The SMILES string of the molecule is CCOc1ccccc1NC(=O)c1ccnc(OC2CCOC2)c1. The van der Waals surface area contributed by atoms with Gasteiger partial charge in [-0.15, -0.1) is 0 Å². The number of aromatic nitrogens is 1. The van der Waals surface area contributed by atoms with Gasteiger partial charge in [0.25, 0.3) is 5.91 Å². The zero-order valence-electron chi connectivity index (χ0n) is 13.5. The van der Waals surface area contributed by atoms with E-state index in [0.717, 1.165) is 6.42 Å². The number of rotatable bonds is 6. The van der Waals surface area contributed by atoms with Crippen molar-refractivity contribution in [2.45, 2.75) is 19.4 Å². The van der Waals surface area contributed by atoms with Crippen molar-refractivity contribution in [2.75, 3.05) is 25.1 Å². The molecular weight excluding hydrogens is 308 g/mol. The fraction of sp³-hybridized carbons (Fsp3) is 0.333. The van der Waals surface area contributed by atoms with Crippen LogP contribution in [-0.2, 0) is 4.74 Å². The van der Waals surface area contributed by atoms with E-state index in [9.17, 15) is 4.79 Å². The predicted molar refractivity (Wildman–Crippen MR) is 89.7 cm³/mol. The third-order valence-electron chi connectivity index (χ3n) is 3.61. The van der Waals surface area contributed by atoms with Crippen LogP contribution in [0.2, 0.25) is 0 Å². The highest BCUT2D eigenvalue weighted by Crippen LogP contribution is 2.24. The molecule has 0 aliphatic carbocycles. The Morgan fingerprint density at radius 3 is 3.04 bits per heavy atom. The highest BCUT2D eigenvalue weighted by Gasteiger charge is 2.18. The van der Waals surface area contributed by atoms with Crippen LogP contribution in [0.5, 0.6) is 11.6 Å². The monoisotopic (exact) mass is 328 g/mol. The molecule has 1 aromatic heterocycles. The van der Waals surface area contributed by atoms with Crippen LogP contribution in [0.25, 0.3) is 0 Å². The van der Waals surface area contributed by atoms with E-state index in [0.29, 0.717) is 42.7 Å². The van der Waals surface area contributed by atoms with Crippen LogP contribution >= 0.6 is 0 Å². The van der Waals surface area contributed by atoms with Gasteiger partial charge < -0.3 is 19.5 Å². The molecule has 0 spiro atoms. The lowest BCUT2D eigenvalue weighted by atomic mass is 10.2. The van der Waals surface area contributed by atoms with Gasteiger partial charge in [0.2, 0.25) is 5.88 Å². The summed E-state index contributed by atoms with van der Waals surface area (Å²) in [6.45, 7) is 3.68. The van der Waals surface area contributed by atoms with E-state index in [1.165, 1.54) is 0 Å². The van der Waals surface area contributed by atoms with Crippen LogP contribution in [0, 0.1) is 0 Å². The van der Waals surface area contributed by atoms with E-state index in [4.69, 9.17) is 14.2 Å². The number of amides is 1. The summed E-state index contributed by atoms with van der Waals surface area (Å²) in [5, 5.41) is 2.86. The molecule has 6 heteroatoms. The molecule has 1 aromatic carbocycles. The average molecular weight is 328 g/mol. The van der Waals surface area contributed by atoms with E-state index in [1.807, 2.05) is 25.1 Å². The lowest BCUT2D eigenvalue weighted by Gasteiger charge is -2.13. The van der Waals surface area contributed by atoms with Crippen molar-refractivity contribution < 1.29 is 19.0 Å². The number of hydrogen-bond donors (Lipinski definition) is 1. The molecular formula is C18H20N2O4. The molecule has 1 atom stereocenters. The molecule has 2 aromatic rings. The second kappa shape index (κ2) is 7.79. The largest absolute Gasteiger partial charge is 0.492 e. The minimum atomic E-state index is -0.239. The van der Waals surface area contributed by atoms with E-state index < -0.39 is 0 Å². The number of nitrogens with one attached hydrogen (secondary N) is 1. The maximum atomic E-state index is 12.5. The van der Waals surface area contributed by atoms with Gasteiger partial charge in [0, 0.05) is 24.2 Å². The van der Waals surface area contributed by atoms with E-state index in [2.05, 4.69) is 10.3 Å². The number of hydrogen-bond acceptors (Lipinski definition) is 5. The molecule has 1 saturated heterocycles. The maximum Gasteiger partial charge on any atom is 0.256 e. The number of carbonyl (C=O) groups is 1. The number of anilines is 1. The Kier molecular flexibility index (Phi) is 5.28. The van der Waals surface area contributed by atoms with Gasteiger partial charge in [-0.25, -0.2) is 4.98 Å². The zero-order chi connectivity index (χ0) is 16.8. The topological polar surface area (TPSA) is 69.7 Å². The van der Waals surface area contributed by atoms with Crippen LogP contribution < -0.4 is 14.8 Å². The van der Waals surface area contributed by atoms with Gasteiger partial charge in [-0.1, -0.05) is 12.1 Å². The molecule has 1 amide bonds. The molecule has 0 saturated carbocycles. The quantitative estimate of drug-likeness (QED) is 0.883. The maximum absolute atomic E-state index is 12.5. The summed E-state index contributed by atoms with van der Waals surface area (Å²) in [6, 6.07) is 10.6. The van der Waals surface area contributed by atoms with Gasteiger partial charge >= 0.3 is 0 Å². The third-order valence-corrected chi connectivity index (χ3v) is 3.61. The second-order valence-electron chi connectivity index (χ2n) is 5.37. The molecule has 6 nitrogen and oxygen atoms in total. The van der Waals surface area contributed by atoms with Crippen LogP contribution in [0.15, 0.2) is 42.6 Å². The lowest BCUT2D eigenvalue weighted by molar-refractivity contribution is 0.102. The van der Waals surface area contributed by atoms with Crippen molar-refractivity contribution in [2.24, 2.45) is 0 Å². The van der Waals surface area contributed by atoms with Crippen LogP contribution in [0.4, 0.5) is 5.69 Å². The molecule has 3 rings (SSSR count). The van der Waals surface area contributed by atoms with Crippen molar-refractivity contribution in [1.82, 2.24) is 4.98 Å². The number of ether oxygens (including phenoxy) is 3. The number of pyridine rings is 1. The Labute approximate surface area is 140 Å². The van der Waals surface area contributed by atoms with Gasteiger partial charge in [-0.2, -0.15) is 0 Å². The Morgan fingerprint density at radius 1 is 1.38 bits per heavy atom. The molecule has 2 heterocycles. The summed E-state index contributed by atoms with van der Waals surface area (Å²) in [7, 11) is 0. The molecule has 1 aliphatic heterocycles. The van der Waals surface area contributed by atoms with E-state index >= 15 is 0 Å². The van der Waals surface area contributed by atoms with Gasteiger partial charge in [-0.05, 0) is 25.1 Å². The van der Waals surface area contributed by atoms with Gasteiger partial charge in [0.1, 0.15) is 11.9 Å². The first-order valence-electron chi connectivity index (χ1n) is 8.00. The number of nitrogens with zero attached hydrogens (tertiary/aromatic N) is 1. The Hall–Kier alpha value is -2.60. The number of para-hydroxylation sites is 2. The Morgan fingerprint density at radius 2 is 2.25 bits per heavy atom. The van der Waals surface area contributed by atoms with Crippen molar-refractivity contribution in [3.63, 3.8) is 0 Å². The number of carbonyl (C=O) groups excluding carboxylic acids is 1. The van der Waals surface area contributed by atoms with Crippen molar-refractivity contribution in [1.29, 1.82) is 0 Å². The standard InChI is InChI=1S/C18H20N2O4/c1-2-23-16-6-4-3-5-15(16)20-18(21)13-7-9-19-17(11-13)24-14-8-10-22-12-14/h3-7,9,11,14H,2,8,10,12H2,1H3,(H,20,21). The van der Waals surface area contributed by atoms with Crippen LogP contribution in [-0.4, -0.2) is 36.8 Å². The van der Waals surface area contributed by atoms with Crippen molar-refractivity contribution in [3.05, 3.63) is 48.2 Å². The molecule has 1 aliphatic rings. The van der Waals surface area contributed by atoms with E-state index in [-0.39, 0.29) is 12.0 Å². The third kappa shape index (κ3) is 4.02. The fourth-order valence-electron chi connectivity index (χ4n) is 2.44. The molecule has 1 fully saturated rings. The minimum Gasteiger partial charge on any atom is -0.492 e. The second-order valence-corrected chi connectivity index (χ2v) is 5.37. The zero-order valence-corrected chi connectivity index (χ0v) is 13.5. The molecule has 24 heavy (non-hydrogen) atoms. The summed E-state index contributed by atoms with van der Waals surface area (Å²) in [5.41, 5.74) is 1.11. The number of benzene rings is 1. The van der Waals surface area contributed by atoms with Gasteiger partial charge in [0.15, 0.2) is 0 Å². The highest BCUT2D eigenvalue weighted by molar-refractivity contribution is 6.05. The Balaban J connectivity index is 1.71. The summed E-state index contributed by atoms with van der Waals surface area (Å²) in [4.78, 5) is 16.6. The highest BCUT2D eigenvalue weighted by atomic mass is 16.5. The molecule has 0 bridgehead atoms. The first-order valence-corrected chi connectivity index (χ1v) is 8.00. The first kappa shape index (κ1) is 16.3. The van der Waals surface area contributed by atoms with Gasteiger partial charge in [-0.3, -0.25) is 4.79 Å². The summed E-state index contributed by atoms with van der Waals surface area (Å²) in [5.74, 6) is 0.829. The Bertz CT molecular complexity index is 699. The predicted octanol–water partition coefficient (Wildman–Crippen LogP) is 2.90. The summed E-state index contributed by atoms with van der Waals surface area (Å²) in [6.07, 6.45) is 2.39. The normalized spacial score (nSPS) is 16.6. The molecule has 0 radical (unpaired) electrons. The first-order chi connectivity index (χ1) is 11.8. The van der Waals surface area contributed by atoms with Crippen LogP contribution in [0.3, 0.4) is 0 Å². The lowest BCUT2D eigenvalue weighted by Crippen LogP contribution is -2.17. The average Bonchev–Trinajstić information content (AvgIpc) is 3.10. The molecule has 1 N–H and O–H groups in total. The molecule has 1 unspecified atom stereocenters. The van der Waals surface area contributed by atoms with Crippen molar-refractivity contribution in [3.8, 4) is 11.6 Å². The van der Waals surface area contributed by atoms with Crippen molar-refractivity contribution >= 4 is 11.6 Å². The summed E-state index contributed by atoms with van der Waals surface area (Å²) >= 11 is 0. The minimum absolute atomic E-state index is 0.00510. The fourth-order valence-corrected chi connectivity index (χ4v) is 2.44.